The summed E-state index contributed by atoms with van der Waals surface area (Å²) in [6, 6.07) is 8.14. The number of aryl methyl sites for hydroxylation is 1. The summed E-state index contributed by atoms with van der Waals surface area (Å²) in [5.41, 5.74) is 1.33. The number of carbonyl (C=O) groups is 1. The molecule has 27 heavy (non-hydrogen) atoms. The van der Waals surface area contributed by atoms with Gasteiger partial charge in [-0.3, -0.25) is 4.79 Å². The minimum absolute atomic E-state index is 0.00265. The van der Waals surface area contributed by atoms with E-state index in [0.29, 0.717) is 5.75 Å². The van der Waals surface area contributed by atoms with Crippen LogP contribution in [0.5, 0.6) is 5.75 Å². The molecule has 0 heterocycles. The van der Waals surface area contributed by atoms with Gasteiger partial charge in [-0.15, -0.1) is 0 Å². The first-order chi connectivity index (χ1) is 13.2. The molecule has 0 N–H and O–H groups in total. The predicted molar refractivity (Wildman–Crippen MR) is 112 cm³/mol. The third-order valence-electron chi connectivity index (χ3n) is 6.98. The van der Waals surface area contributed by atoms with Crippen LogP contribution in [0.3, 0.4) is 0 Å². The van der Waals surface area contributed by atoms with Crippen LogP contribution in [0.4, 0.5) is 0 Å². The highest BCUT2D eigenvalue weighted by molar-refractivity contribution is 5.75. The van der Waals surface area contributed by atoms with Crippen LogP contribution in [-0.4, -0.2) is 5.97 Å². The number of benzene rings is 1. The SMILES string of the molecule is CCCCc1ccc(OC(=O)[C@@H]2CC[C@@H]3CC(CCCC)CCC3C2)cc1. The standard InChI is InChI=1S/C25H38O2/c1-3-5-7-19-10-15-24(16-11-19)27-25(26)23-14-13-21-17-20(8-6-4-2)9-12-22(21)18-23/h10-11,15-16,20-23H,3-9,12-14,17-18H2,1-2H3/t20?,21-,22?,23-/m1/s1. The van der Waals surface area contributed by atoms with Gasteiger partial charge in [0.1, 0.15) is 5.75 Å². The van der Waals surface area contributed by atoms with Crippen LogP contribution in [0.25, 0.3) is 0 Å². The summed E-state index contributed by atoms with van der Waals surface area (Å²) in [6.45, 7) is 4.50. The number of rotatable bonds is 8. The van der Waals surface area contributed by atoms with Gasteiger partial charge in [0.25, 0.3) is 0 Å². The fourth-order valence-corrected chi connectivity index (χ4v) is 5.26. The van der Waals surface area contributed by atoms with E-state index in [1.807, 2.05) is 12.1 Å². The van der Waals surface area contributed by atoms with Gasteiger partial charge >= 0.3 is 5.97 Å². The summed E-state index contributed by atoms with van der Waals surface area (Å²) >= 11 is 0. The zero-order valence-corrected chi connectivity index (χ0v) is 17.4. The summed E-state index contributed by atoms with van der Waals surface area (Å²) in [4.78, 5) is 12.7. The Morgan fingerprint density at radius 2 is 1.63 bits per heavy atom. The number of unbranched alkanes of at least 4 members (excludes halogenated alkanes) is 2. The molecule has 150 valence electrons. The minimum Gasteiger partial charge on any atom is -0.426 e. The van der Waals surface area contributed by atoms with Crippen LogP contribution in [0, 0.1) is 23.7 Å². The number of hydrogen-bond acceptors (Lipinski definition) is 2. The Bertz CT molecular complexity index is 576. The Morgan fingerprint density at radius 1 is 0.926 bits per heavy atom. The normalized spacial score (nSPS) is 27.8. The van der Waals surface area contributed by atoms with Crippen LogP contribution in [0.2, 0.25) is 0 Å². The Kier molecular flexibility index (Phi) is 7.79. The van der Waals surface area contributed by atoms with E-state index in [9.17, 15) is 4.79 Å². The summed E-state index contributed by atoms with van der Waals surface area (Å²) in [6.07, 6.45) is 15.1. The number of fused-ring (bicyclic) bond motifs is 1. The van der Waals surface area contributed by atoms with Gasteiger partial charge in [-0.05, 0) is 80.4 Å². The lowest BCUT2D eigenvalue weighted by atomic mass is 9.64. The average Bonchev–Trinajstić information content (AvgIpc) is 2.71. The van der Waals surface area contributed by atoms with Crippen LogP contribution in [0.1, 0.15) is 90.0 Å². The summed E-state index contributed by atoms with van der Waals surface area (Å²) in [7, 11) is 0. The van der Waals surface area contributed by atoms with E-state index in [1.54, 1.807) is 0 Å². The lowest BCUT2D eigenvalue weighted by Gasteiger charge is -2.41. The van der Waals surface area contributed by atoms with E-state index in [-0.39, 0.29) is 11.9 Å². The van der Waals surface area contributed by atoms with Crippen molar-refractivity contribution in [2.24, 2.45) is 23.7 Å². The molecule has 0 aromatic heterocycles. The maximum atomic E-state index is 12.7. The largest absolute Gasteiger partial charge is 0.426 e. The van der Waals surface area contributed by atoms with Crippen molar-refractivity contribution in [1.82, 2.24) is 0 Å². The van der Waals surface area contributed by atoms with Gasteiger partial charge in [0.15, 0.2) is 0 Å². The number of hydrogen-bond donors (Lipinski definition) is 0. The molecule has 2 fully saturated rings. The maximum absolute atomic E-state index is 12.7. The molecule has 2 aliphatic carbocycles. The average molecular weight is 371 g/mol. The second-order valence-electron chi connectivity index (χ2n) is 9.02. The van der Waals surface area contributed by atoms with E-state index < -0.39 is 0 Å². The van der Waals surface area contributed by atoms with Crippen molar-refractivity contribution in [3.8, 4) is 5.75 Å². The summed E-state index contributed by atoms with van der Waals surface area (Å²) < 4.78 is 5.73. The molecule has 0 spiro atoms. The lowest BCUT2D eigenvalue weighted by Crippen LogP contribution is -2.35. The Morgan fingerprint density at radius 3 is 2.37 bits per heavy atom. The molecule has 4 atom stereocenters. The summed E-state index contributed by atoms with van der Waals surface area (Å²) in [5, 5.41) is 0. The van der Waals surface area contributed by atoms with Crippen LogP contribution >= 0.6 is 0 Å². The predicted octanol–water partition coefficient (Wildman–Crippen LogP) is 6.96. The van der Waals surface area contributed by atoms with Gasteiger partial charge in [-0.1, -0.05) is 58.1 Å². The second kappa shape index (κ2) is 10.3. The number of carbonyl (C=O) groups excluding carboxylic acids is 1. The quantitative estimate of drug-likeness (QED) is 0.365. The van der Waals surface area contributed by atoms with Crippen molar-refractivity contribution in [3.63, 3.8) is 0 Å². The van der Waals surface area contributed by atoms with Crippen molar-refractivity contribution >= 4 is 5.97 Å². The molecule has 2 nitrogen and oxygen atoms in total. The topological polar surface area (TPSA) is 26.3 Å². The molecule has 0 aliphatic heterocycles. The molecule has 2 aliphatic rings. The van der Waals surface area contributed by atoms with Gasteiger partial charge in [0.2, 0.25) is 0 Å². The third-order valence-corrected chi connectivity index (χ3v) is 6.98. The molecule has 3 rings (SSSR count). The lowest BCUT2D eigenvalue weighted by molar-refractivity contribution is -0.141. The van der Waals surface area contributed by atoms with E-state index in [1.165, 1.54) is 63.4 Å². The molecule has 2 unspecified atom stereocenters. The second-order valence-corrected chi connectivity index (χ2v) is 9.02. The fraction of sp³-hybridized carbons (Fsp3) is 0.720. The van der Waals surface area contributed by atoms with E-state index >= 15 is 0 Å². The van der Waals surface area contributed by atoms with Gasteiger partial charge in [0, 0.05) is 0 Å². The van der Waals surface area contributed by atoms with E-state index in [4.69, 9.17) is 4.74 Å². The Labute approximate surface area is 166 Å². The van der Waals surface area contributed by atoms with Crippen LogP contribution < -0.4 is 4.74 Å². The third kappa shape index (κ3) is 5.83. The Balaban J connectivity index is 1.47. The van der Waals surface area contributed by atoms with Crippen molar-refractivity contribution in [1.29, 1.82) is 0 Å². The van der Waals surface area contributed by atoms with E-state index in [2.05, 4.69) is 26.0 Å². The smallest absolute Gasteiger partial charge is 0.314 e. The minimum atomic E-state index is 0.00265. The maximum Gasteiger partial charge on any atom is 0.314 e. The van der Waals surface area contributed by atoms with Crippen LogP contribution in [0.15, 0.2) is 24.3 Å². The first-order valence-electron chi connectivity index (χ1n) is 11.5. The molecular weight excluding hydrogens is 332 g/mol. The van der Waals surface area contributed by atoms with E-state index in [0.717, 1.165) is 37.0 Å². The molecule has 0 radical (unpaired) electrons. The highest BCUT2D eigenvalue weighted by Crippen LogP contribution is 2.46. The highest BCUT2D eigenvalue weighted by atomic mass is 16.5. The summed E-state index contributed by atoms with van der Waals surface area (Å²) in [5.74, 6) is 3.39. The monoisotopic (exact) mass is 370 g/mol. The Hall–Kier alpha value is -1.31. The number of ether oxygens (including phenoxy) is 1. The van der Waals surface area contributed by atoms with Gasteiger partial charge < -0.3 is 4.74 Å². The zero-order valence-electron chi connectivity index (χ0n) is 17.4. The molecule has 2 heteroatoms. The zero-order chi connectivity index (χ0) is 19.1. The highest BCUT2D eigenvalue weighted by Gasteiger charge is 2.38. The van der Waals surface area contributed by atoms with Gasteiger partial charge in [-0.2, -0.15) is 0 Å². The molecule has 2 saturated carbocycles. The van der Waals surface area contributed by atoms with Crippen molar-refractivity contribution < 1.29 is 9.53 Å². The number of esters is 1. The first-order valence-corrected chi connectivity index (χ1v) is 11.5. The van der Waals surface area contributed by atoms with Gasteiger partial charge in [-0.25, -0.2) is 0 Å². The molecule has 1 aromatic rings. The van der Waals surface area contributed by atoms with Crippen molar-refractivity contribution in [3.05, 3.63) is 29.8 Å². The first kappa shape index (κ1) is 20.4. The molecular formula is C25H38O2. The molecule has 0 saturated heterocycles. The van der Waals surface area contributed by atoms with Gasteiger partial charge in [0.05, 0.1) is 5.92 Å². The van der Waals surface area contributed by atoms with Crippen molar-refractivity contribution in [2.45, 2.75) is 90.9 Å². The molecule has 0 bridgehead atoms. The van der Waals surface area contributed by atoms with Crippen molar-refractivity contribution in [2.75, 3.05) is 0 Å². The fourth-order valence-electron chi connectivity index (χ4n) is 5.26. The molecule has 0 amide bonds. The van der Waals surface area contributed by atoms with Crippen LogP contribution in [-0.2, 0) is 11.2 Å². The molecule has 1 aromatic carbocycles.